The van der Waals surface area contributed by atoms with E-state index in [1.165, 1.54) is 12.8 Å². The Hall–Kier alpha value is -0.610. The van der Waals surface area contributed by atoms with E-state index in [4.69, 9.17) is 5.73 Å². The predicted octanol–water partition coefficient (Wildman–Crippen LogP) is 1.32. The lowest BCUT2D eigenvalue weighted by molar-refractivity contribution is -0.126. The Balaban J connectivity index is 1.80. The van der Waals surface area contributed by atoms with Crippen LogP contribution in [0.5, 0.6) is 0 Å². The third-order valence-corrected chi connectivity index (χ3v) is 4.53. The lowest BCUT2D eigenvalue weighted by Gasteiger charge is -2.28. The van der Waals surface area contributed by atoms with Gasteiger partial charge in [-0.2, -0.15) is 0 Å². The Morgan fingerprint density at radius 2 is 1.83 bits per heavy atom. The van der Waals surface area contributed by atoms with E-state index in [9.17, 15) is 9.90 Å². The molecule has 0 aromatic rings. The van der Waals surface area contributed by atoms with Crippen molar-refractivity contribution in [2.24, 2.45) is 11.7 Å². The molecule has 2 rings (SSSR count). The molecule has 2 atom stereocenters. The minimum absolute atomic E-state index is 0.00813. The molecule has 0 aliphatic heterocycles. The Morgan fingerprint density at radius 3 is 2.39 bits per heavy atom. The van der Waals surface area contributed by atoms with Gasteiger partial charge in [0.1, 0.15) is 0 Å². The first kappa shape index (κ1) is 13.8. The molecule has 2 aliphatic carbocycles. The van der Waals surface area contributed by atoms with E-state index in [-0.39, 0.29) is 17.9 Å². The molecular weight excluding hydrogens is 228 g/mol. The molecule has 0 saturated heterocycles. The van der Waals surface area contributed by atoms with Crippen LogP contribution in [0.15, 0.2) is 0 Å². The van der Waals surface area contributed by atoms with E-state index in [0.717, 1.165) is 44.9 Å². The van der Waals surface area contributed by atoms with Gasteiger partial charge in [-0.3, -0.25) is 4.79 Å². The van der Waals surface area contributed by atoms with Crippen molar-refractivity contribution in [3.05, 3.63) is 0 Å². The van der Waals surface area contributed by atoms with Gasteiger partial charge in [0.15, 0.2) is 0 Å². The summed E-state index contributed by atoms with van der Waals surface area (Å²) in [6.07, 6.45) is 9.03. The van der Waals surface area contributed by atoms with Crippen LogP contribution in [0.4, 0.5) is 0 Å². The standard InChI is InChI=1S/C14H26N2O2/c15-12-7-5-6-11(12)13(17)16-10-14(18)8-3-1-2-4-9-14/h11-12,18H,1-10,15H2,(H,16,17). The molecule has 2 fully saturated rings. The third kappa shape index (κ3) is 3.45. The monoisotopic (exact) mass is 254 g/mol. The number of carbonyl (C=O) groups is 1. The molecule has 0 aromatic heterocycles. The summed E-state index contributed by atoms with van der Waals surface area (Å²) in [7, 11) is 0. The van der Waals surface area contributed by atoms with Gasteiger partial charge in [0, 0.05) is 12.6 Å². The highest BCUT2D eigenvalue weighted by atomic mass is 16.3. The second-order valence-electron chi connectivity index (χ2n) is 6.06. The van der Waals surface area contributed by atoms with E-state index < -0.39 is 5.60 Å². The summed E-state index contributed by atoms with van der Waals surface area (Å²) in [5, 5.41) is 13.4. The van der Waals surface area contributed by atoms with Crippen LogP contribution >= 0.6 is 0 Å². The summed E-state index contributed by atoms with van der Waals surface area (Å²) in [6, 6.07) is 0.00813. The van der Waals surface area contributed by atoms with Crippen molar-refractivity contribution in [3.63, 3.8) is 0 Å². The zero-order valence-corrected chi connectivity index (χ0v) is 11.2. The van der Waals surface area contributed by atoms with E-state index in [0.29, 0.717) is 6.54 Å². The Kier molecular flexibility index (Phi) is 4.62. The highest BCUT2D eigenvalue weighted by Crippen LogP contribution is 2.27. The van der Waals surface area contributed by atoms with Gasteiger partial charge in [-0.15, -0.1) is 0 Å². The van der Waals surface area contributed by atoms with Crippen molar-refractivity contribution in [1.29, 1.82) is 0 Å². The van der Waals surface area contributed by atoms with Crippen molar-refractivity contribution in [1.82, 2.24) is 5.32 Å². The number of hydrogen-bond acceptors (Lipinski definition) is 3. The molecule has 2 saturated carbocycles. The van der Waals surface area contributed by atoms with E-state index in [2.05, 4.69) is 5.32 Å². The SMILES string of the molecule is NC1CCCC1C(=O)NCC1(O)CCCCCC1. The van der Waals surface area contributed by atoms with Crippen molar-refractivity contribution < 1.29 is 9.90 Å². The molecule has 104 valence electrons. The Morgan fingerprint density at radius 1 is 1.17 bits per heavy atom. The Bertz CT molecular complexity index is 286. The molecule has 0 spiro atoms. The first-order valence-electron chi connectivity index (χ1n) is 7.36. The van der Waals surface area contributed by atoms with Crippen LogP contribution in [0, 0.1) is 5.92 Å². The summed E-state index contributed by atoms with van der Waals surface area (Å²) in [5.41, 5.74) is 5.24. The summed E-state index contributed by atoms with van der Waals surface area (Å²) < 4.78 is 0. The maximum atomic E-state index is 12.0. The van der Waals surface area contributed by atoms with Gasteiger partial charge in [-0.1, -0.05) is 32.1 Å². The second-order valence-corrected chi connectivity index (χ2v) is 6.06. The number of hydrogen-bond donors (Lipinski definition) is 3. The lowest BCUT2D eigenvalue weighted by Crippen LogP contribution is -2.46. The van der Waals surface area contributed by atoms with Crippen LogP contribution in [-0.4, -0.2) is 29.2 Å². The molecule has 4 nitrogen and oxygen atoms in total. The van der Waals surface area contributed by atoms with Crippen LogP contribution in [0.25, 0.3) is 0 Å². The van der Waals surface area contributed by atoms with Crippen LogP contribution < -0.4 is 11.1 Å². The number of nitrogens with one attached hydrogen (secondary N) is 1. The largest absolute Gasteiger partial charge is 0.388 e. The van der Waals surface area contributed by atoms with E-state index >= 15 is 0 Å². The molecule has 1 amide bonds. The molecule has 2 unspecified atom stereocenters. The Labute approximate surface area is 109 Å². The molecule has 18 heavy (non-hydrogen) atoms. The van der Waals surface area contributed by atoms with E-state index in [1.807, 2.05) is 0 Å². The van der Waals surface area contributed by atoms with Crippen molar-refractivity contribution in [2.45, 2.75) is 69.4 Å². The third-order valence-electron chi connectivity index (χ3n) is 4.53. The first-order valence-corrected chi connectivity index (χ1v) is 7.36. The van der Waals surface area contributed by atoms with Gasteiger partial charge in [-0.05, 0) is 25.7 Å². The van der Waals surface area contributed by atoms with Crippen LogP contribution in [0.1, 0.15) is 57.8 Å². The summed E-state index contributed by atoms with van der Waals surface area (Å²) in [5.74, 6) is -0.00273. The molecule has 0 bridgehead atoms. The average Bonchev–Trinajstić information content (AvgIpc) is 2.65. The number of amides is 1. The number of aliphatic hydroxyl groups is 1. The molecule has 0 heterocycles. The van der Waals surface area contributed by atoms with Crippen LogP contribution in [0.2, 0.25) is 0 Å². The smallest absolute Gasteiger partial charge is 0.224 e. The molecule has 4 N–H and O–H groups in total. The van der Waals surface area contributed by atoms with Gasteiger partial charge in [0.2, 0.25) is 5.91 Å². The molecule has 2 aliphatic rings. The summed E-state index contributed by atoms with van der Waals surface area (Å²) >= 11 is 0. The van der Waals surface area contributed by atoms with Crippen LogP contribution in [-0.2, 0) is 4.79 Å². The maximum absolute atomic E-state index is 12.0. The average molecular weight is 254 g/mol. The summed E-state index contributed by atoms with van der Waals surface area (Å²) in [6.45, 7) is 0.398. The van der Waals surface area contributed by atoms with Crippen LogP contribution in [0.3, 0.4) is 0 Å². The molecule has 0 radical (unpaired) electrons. The molecule has 4 heteroatoms. The van der Waals surface area contributed by atoms with E-state index in [1.54, 1.807) is 0 Å². The molecular formula is C14H26N2O2. The quantitative estimate of drug-likeness (QED) is 0.665. The van der Waals surface area contributed by atoms with Crippen molar-refractivity contribution >= 4 is 5.91 Å². The second kappa shape index (κ2) is 6.02. The van der Waals surface area contributed by atoms with Crippen molar-refractivity contribution in [3.8, 4) is 0 Å². The minimum atomic E-state index is -0.686. The summed E-state index contributed by atoms with van der Waals surface area (Å²) in [4.78, 5) is 12.0. The lowest BCUT2D eigenvalue weighted by atomic mass is 9.94. The fourth-order valence-electron chi connectivity index (χ4n) is 3.26. The predicted molar refractivity (Wildman–Crippen MR) is 71.0 cm³/mol. The molecule has 0 aromatic carbocycles. The van der Waals surface area contributed by atoms with Gasteiger partial charge in [0.05, 0.1) is 11.5 Å². The van der Waals surface area contributed by atoms with Gasteiger partial charge < -0.3 is 16.2 Å². The number of nitrogens with two attached hydrogens (primary N) is 1. The highest BCUT2D eigenvalue weighted by molar-refractivity contribution is 5.79. The zero-order chi connectivity index (χ0) is 13.0. The highest BCUT2D eigenvalue weighted by Gasteiger charge is 2.33. The first-order chi connectivity index (χ1) is 8.61. The topological polar surface area (TPSA) is 75.4 Å². The van der Waals surface area contributed by atoms with Gasteiger partial charge in [0.25, 0.3) is 0 Å². The van der Waals surface area contributed by atoms with Gasteiger partial charge >= 0.3 is 0 Å². The normalized spacial score (nSPS) is 31.9. The fraction of sp³-hybridized carbons (Fsp3) is 0.929. The maximum Gasteiger partial charge on any atom is 0.224 e. The number of rotatable bonds is 3. The number of carbonyl (C=O) groups excluding carboxylic acids is 1. The zero-order valence-electron chi connectivity index (χ0n) is 11.2. The fourth-order valence-corrected chi connectivity index (χ4v) is 3.26. The minimum Gasteiger partial charge on any atom is -0.388 e. The van der Waals surface area contributed by atoms with Crippen molar-refractivity contribution in [2.75, 3.05) is 6.54 Å². The van der Waals surface area contributed by atoms with Gasteiger partial charge in [-0.25, -0.2) is 0 Å².